The molecule has 0 aromatic heterocycles. The van der Waals surface area contributed by atoms with Crippen molar-refractivity contribution in [2.45, 2.75) is 16.6 Å². The van der Waals surface area contributed by atoms with Crippen LogP contribution >= 0.6 is 11.8 Å². The van der Waals surface area contributed by atoms with Crippen LogP contribution in [0.4, 0.5) is 10.5 Å². The Labute approximate surface area is 129 Å². The Bertz CT molecular complexity index is 634. The zero-order valence-corrected chi connectivity index (χ0v) is 12.1. The highest BCUT2D eigenvalue weighted by molar-refractivity contribution is 8.01. The molecule has 2 rings (SSSR count). The van der Waals surface area contributed by atoms with Gasteiger partial charge in [-0.1, -0.05) is 12.1 Å². The number of anilines is 1. The van der Waals surface area contributed by atoms with Crippen LogP contribution in [0.15, 0.2) is 29.2 Å². The van der Waals surface area contributed by atoms with Gasteiger partial charge < -0.3 is 15.8 Å². The Kier molecular flexibility index (Phi) is 4.99. The fraction of sp³-hybridized carbons (Fsp3) is 0.231. The van der Waals surface area contributed by atoms with Gasteiger partial charge in [0.1, 0.15) is 0 Å². The summed E-state index contributed by atoms with van der Waals surface area (Å²) >= 11 is 1.25. The largest absolute Gasteiger partial charge is 0.456 e. The summed E-state index contributed by atoms with van der Waals surface area (Å²) in [5.41, 5.74) is 5.44. The molecule has 1 aromatic rings. The predicted octanol–water partition coefficient (Wildman–Crippen LogP) is 0.228. The summed E-state index contributed by atoms with van der Waals surface area (Å²) in [6, 6.07) is 6.19. The van der Waals surface area contributed by atoms with Crippen LogP contribution < -0.4 is 16.4 Å². The van der Waals surface area contributed by atoms with Gasteiger partial charge in [0.25, 0.3) is 5.91 Å². The highest BCUT2D eigenvalue weighted by Crippen LogP contribution is 2.36. The maximum Gasteiger partial charge on any atom is 0.318 e. The number of amides is 4. The molecule has 0 aliphatic carbocycles. The number of carbonyl (C=O) groups is 4. The maximum atomic E-state index is 11.9. The van der Waals surface area contributed by atoms with Crippen molar-refractivity contribution in [1.29, 1.82) is 0 Å². The number of esters is 1. The van der Waals surface area contributed by atoms with E-state index in [1.807, 2.05) is 12.1 Å². The minimum absolute atomic E-state index is 0.186. The van der Waals surface area contributed by atoms with E-state index in [-0.39, 0.29) is 12.3 Å². The molecule has 1 aliphatic rings. The second-order valence-electron chi connectivity index (χ2n) is 4.37. The number of ether oxygens (including phenoxy) is 1. The molecule has 0 fully saturated rings. The first kappa shape index (κ1) is 15.8. The minimum atomic E-state index is -1.03. The molecule has 1 aromatic carbocycles. The fourth-order valence-electron chi connectivity index (χ4n) is 1.76. The number of thioether (sulfide) groups is 1. The Morgan fingerprint density at radius 2 is 2.05 bits per heavy atom. The Balaban J connectivity index is 1.86. The summed E-state index contributed by atoms with van der Waals surface area (Å²) in [5, 5.41) is 3.82. The van der Waals surface area contributed by atoms with Crippen LogP contribution in [0, 0.1) is 0 Å². The van der Waals surface area contributed by atoms with Gasteiger partial charge in [-0.15, -0.1) is 11.8 Å². The average Bonchev–Trinajstić information content (AvgIpc) is 2.45. The lowest BCUT2D eigenvalue weighted by atomic mass is 10.2. The van der Waals surface area contributed by atoms with E-state index in [1.54, 1.807) is 17.4 Å². The second kappa shape index (κ2) is 6.94. The molecule has 1 aliphatic heterocycles. The van der Waals surface area contributed by atoms with Crippen molar-refractivity contribution in [1.82, 2.24) is 5.32 Å². The van der Waals surface area contributed by atoms with E-state index in [0.717, 1.165) is 4.90 Å². The normalized spacial score (nSPS) is 16.2. The topological polar surface area (TPSA) is 128 Å². The zero-order valence-electron chi connectivity index (χ0n) is 11.3. The summed E-state index contributed by atoms with van der Waals surface area (Å²) in [4.78, 5) is 45.9. The van der Waals surface area contributed by atoms with E-state index in [4.69, 9.17) is 10.5 Å². The first-order chi connectivity index (χ1) is 10.5. The van der Waals surface area contributed by atoms with Crippen LogP contribution in [0.2, 0.25) is 0 Å². The van der Waals surface area contributed by atoms with Gasteiger partial charge in [-0.05, 0) is 12.1 Å². The Morgan fingerprint density at radius 3 is 2.77 bits per heavy atom. The van der Waals surface area contributed by atoms with Gasteiger partial charge in [0, 0.05) is 4.90 Å². The van der Waals surface area contributed by atoms with Gasteiger partial charge in [-0.25, -0.2) is 4.79 Å². The third-order valence-corrected chi connectivity index (χ3v) is 3.96. The number of carbonyl (C=O) groups excluding carboxylic acids is 4. The lowest BCUT2D eigenvalue weighted by molar-refractivity contribution is -0.148. The molecule has 1 atom stereocenters. The molecule has 0 radical (unpaired) electrons. The molecule has 4 amide bonds. The standard InChI is InChI=1S/C13H13N3O5S/c14-13(20)16-10(17)6-21-11(18)5-9-12(19)15-7-3-1-2-4-8(7)22-9/h1-4,9H,5-6H2,(H,15,19)(H3,14,16,17,20)/t9-/m1/s1. The smallest absolute Gasteiger partial charge is 0.318 e. The third-order valence-electron chi connectivity index (χ3n) is 2.69. The van der Waals surface area contributed by atoms with Crippen molar-refractivity contribution in [3.8, 4) is 0 Å². The molecular weight excluding hydrogens is 310 g/mol. The van der Waals surface area contributed by atoms with E-state index >= 15 is 0 Å². The second-order valence-corrected chi connectivity index (χ2v) is 5.61. The van der Waals surface area contributed by atoms with Crippen LogP contribution in [-0.2, 0) is 19.1 Å². The summed E-state index contributed by atoms with van der Waals surface area (Å²) in [6.45, 7) is -0.628. The molecule has 0 saturated carbocycles. The fourth-order valence-corrected chi connectivity index (χ4v) is 2.85. The van der Waals surface area contributed by atoms with Crippen LogP contribution in [0.3, 0.4) is 0 Å². The minimum Gasteiger partial charge on any atom is -0.456 e. The SMILES string of the molecule is NC(=O)NC(=O)COC(=O)C[C@H]1Sc2ccccc2NC1=O. The van der Waals surface area contributed by atoms with Crippen LogP contribution in [0.1, 0.15) is 6.42 Å². The molecule has 0 bridgehead atoms. The number of hydrogen-bond donors (Lipinski definition) is 3. The summed E-state index contributed by atoms with van der Waals surface area (Å²) in [7, 11) is 0. The number of fused-ring (bicyclic) bond motifs is 1. The Morgan fingerprint density at radius 1 is 1.32 bits per heavy atom. The third kappa shape index (κ3) is 4.22. The van der Waals surface area contributed by atoms with E-state index in [0.29, 0.717) is 5.69 Å². The molecule has 0 spiro atoms. The van der Waals surface area contributed by atoms with Crippen molar-refractivity contribution in [2.24, 2.45) is 5.73 Å². The molecule has 0 unspecified atom stereocenters. The molecule has 9 heteroatoms. The molecule has 0 saturated heterocycles. The highest BCUT2D eigenvalue weighted by Gasteiger charge is 2.29. The number of benzene rings is 1. The van der Waals surface area contributed by atoms with E-state index < -0.39 is 29.8 Å². The summed E-state index contributed by atoms with van der Waals surface area (Å²) in [6.07, 6.45) is -0.186. The van der Waals surface area contributed by atoms with Crippen LogP contribution in [-0.4, -0.2) is 35.7 Å². The van der Waals surface area contributed by atoms with Gasteiger partial charge in [-0.3, -0.25) is 19.7 Å². The quantitative estimate of drug-likeness (QED) is 0.680. The summed E-state index contributed by atoms with van der Waals surface area (Å²) < 4.78 is 4.69. The van der Waals surface area contributed by atoms with Crippen molar-refractivity contribution >= 4 is 41.3 Å². The molecule has 1 heterocycles. The number of imide groups is 1. The van der Waals surface area contributed by atoms with Crippen molar-refractivity contribution in [2.75, 3.05) is 11.9 Å². The Hall–Kier alpha value is -2.55. The van der Waals surface area contributed by atoms with Gasteiger partial charge in [0.2, 0.25) is 5.91 Å². The molecule has 116 valence electrons. The van der Waals surface area contributed by atoms with Gasteiger partial charge in [0.05, 0.1) is 17.4 Å². The summed E-state index contributed by atoms with van der Waals surface area (Å²) in [5.74, 6) is -1.85. The van der Waals surface area contributed by atoms with E-state index in [2.05, 4.69) is 5.32 Å². The predicted molar refractivity (Wildman–Crippen MR) is 78.0 cm³/mol. The number of rotatable bonds is 4. The number of nitrogens with one attached hydrogen (secondary N) is 2. The lowest BCUT2D eigenvalue weighted by Crippen LogP contribution is -2.38. The maximum absolute atomic E-state index is 11.9. The highest BCUT2D eigenvalue weighted by atomic mass is 32.2. The van der Waals surface area contributed by atoms with Crippen LogP contribution in [0.25, 0.3) is 0 Å². The first-order valence-electron chi connectivity index (χ1n) is 6.27. The van der Waals surface area contributed by atoms with Gasteiger partial charge in [0.15, 0.2) is 6.61 Å². The molecule has 4 N–H and O–H groups in total. The van der Waals surface area contributed by atoms with Crippen molar-refractivity contribution in [3.05, 3.63) is 24.3 Å². The van der Waals surface area contributed by atoms with Crippen molar-refractivity contribution in [3.63, 3.8) is 0 Å². The first-order valence-corrected chi connectivity index (χ1v) is 7.15. The number of para-hydroxylation sites is 1. The number of urea groups is 1. The lowest BCUT2D eigenvalue weighted by Gasteiger charge is -2.23. The van der Waals surface area contributed by atoms with Crippen molar-refractivity contribution < 1.29 is 23.9 Å². The van der Waals surface area contributed by atoms with Crippen LogP contribution in [0.5, 0.6) is 0 Å². The monoisotopic (exact) mass is 323 g/mol. The number of primary amides is 1. The van der Waals surface area contributed by atoms with E-state index in [1.165, 1.54) is 11.8 Å². The number of nitrogens with two attached hydrogens (primary N) is 1. The molecule has 8 nitrogen and oxygen atoms in total. The molecule has 22 heavy (non-hydrogen) atoms. The van der Waals surface area contributed by atoms with E-state index in [9.17, 15) is 19.2 Å². The molecular formula is C13H13N3O5S. The van der Waals surface area contributed by atoms with Gasteiger partial charge >= 0.3 is 12.0 Å². The average molecular weight is 323 g/mol. The van der Waals surface area contributed by atoms with Gasteiger partial charge in [-0.2, -0.15) is 0 Å². The zero-order chi connectivity index (χ0) is 16.1. The number of hydrogen-bond acceptors (Lipinski definition) is 6.